The van der Waals surface area contributed by atoms with Gasteiger partial charge in [-0.05, 0) is 12.1 Å². The van der Waals surface area contributed by atoms with Crippen molar-refractivity contribution in [2.24, 2.45) is 5.73 Å². The molecule has 0 aromatic heterocycles. The van der Waals surface area contributed by atoms with Gasteiger partial charge >= 0.3 is 0 Å². The van der Waals surface area contributed by atoms with Crippen molar-refractivity contribution >= 4 is 11.6 Å². The molecular formula is C8H6ClFN2. The molecule has 2 nitrogen and oxygen atoms in total. The Morgan fingerprint density at radius 1 is 1.58 bits per heavy atom. The van der Waals surface area contributed by atoms with E-state index < -0.39 is 11.9 Å². The number of benzene rings is 1. The van der Waals surface area contributed by atoms with Gasteiger partial charge in [-0.3, -0.25) is 0 Å². The van der Waals surface area contributed by atoms with Crippen LogP contribution in [-0.2, 0) is 0 Å². The molecule has 1 rings (SSSR count). The lowest BCUT2D eigenvalue weighted by Gasteiger charge is -2.03. The summed E-state index contributed by atoms with van der Waals surface area (Å²) in [6.07, 6.45) is 0. The molecule has 0 aliphatic carbocycles. The third kappa shape index (κ3) is 1.73. The van der Waals surface area contributed by atoms with Crippen LogP contribution in [0, 0.1) is 17.1 Å². The van der Waals surface area contributed by atoms with E-state index in [1.54, 1.807) is 6.07 Å². The van der Waals surface area contributed by atoms with Gasteiger partial charge in [-0.15, -0.1) is 0 Å². The van der Waals surface area contributed by atoms with Crippen LogP contribution in [-0.4, -0.2) is 0 Å². The molecule has 4 heteroatoms. The third-order valence-electron chi connectivity index (χ3n) is 1.44. The molecular weight excluding hydrogens is 179 g/mol. The SMILES string of the molecule is N#CC(N)c1ccc(Cl)cc1F. The molecule has 0 saturated carbocycles. The Bertz CT molecular complexity index is 332. The smallest absolute Gasteiger partial charge is 0.130 e. The topological polar surface area (TPSA) is 49.8 Å². The second-order valence-electron chi connectivity index (χ2n) is 2.27. The van der Waals surface area contributed by atoms with Crippen molar-refractivity contribution in [1.82, 2.24) is 0 Å². The van der Waals surface area contributed by atoms with Crippen molar-refractivity contribution in [1.29, 1.82) is 5.26 Å². The molecule has 1 aromatic rings. The number of nitrogens with two attached hydrogens (primary N) is 1. The minimum Gasteiger partial charge on any atom is -0.312 e. The highest BCUT2D eigenvalue weighted by molar-refractivity contribution is 6.30. The first kappa shape index (κ1) is 8.98. The van der Waals surface area contributed by atoms with Crippen molar-refractivity contribution in [2.75, 3.05) is 0 Å². The zero-order valence-electron chi connectivity index (χ0n) is 6.09. The van der Waals surface area contributed by atoms with Crippen molar-refractivity contribution in [3.63, 3.8) is 0 Å². The summed E-state index contributed by atoms with van der Waals surface area (Å²) in [5.74, 6) is -0.545. The Labute approximate surface area is 74.4 Å². The van der Waals surface area contributed by atoms with Crippen LogP contribution < -0.4 is 5.73 Å². The number of nitriles is 1. The van der Waals surface area contributed by atoms with E-state index in [0.717, 1.165) is 6.07 Å². The Morgan fingerprint density at radius 2 is 2.25 bits per heavy atom. The van der Waals surface area contributed by atoms with E-state index in [2.05, 4.69) is 0 Å². The summed E-state index contributed by atoms with van der Waals surface area (Å²) in [5.41, 5.74) is 5.47. The standard InChI is InChI=1S/C8H6ClFN2/c9-5-1-2-6(7(10)3-5)8(12)4-11/h1-3,8H,12H2. The lowest BCUT2D eigenvalue weighted by Crippen LogP contribution is -2.09. The van der Waals surface area contributed by atoms with Gasteiger partial charge in [0.25, 0.3) is 0 Å². The summed E-state index contributed by atoms with van der Waals surface area (Å²) < 4.78 is 13.0. The van der Waals surface area contributed by atoms with Gasteiger partial charge in [0.15, 0.2) is 0 Å². The summed E-state index contributed by atoms with van der Waals surface area (Å²) in [6, 6.07) is 4.85. The molecule has 0 amide bonds. The normalized spacial score (nSPS) is 12.2. The molecule has 0 heterocycles. The second-order valence-corrected chi connectivity index (χ2v) is 2.71. The van der Waals surface area contributed by atoms with E-state index in [0.29, 0.717) is 5.02 Å². The summed E-state index contributed by atoms with van der Waals surface area (Å²) in [5, 5.41) is 8.70. The number of halogens is 2. The van der Waals surface area contributed by atoms with Gasteiger partial charge in [0.05, 0.1) is 6.07 Å². The Hall–Kier alpha value is -1.11. The molecule has 1 aromatic carbocycles. The van der Waals surface area contributed by atoms with E-state index in [-0.39, 0.29) is 5.56 Å². The minimum atomic E-state index is -0.928. The lowest BCUT2D eigenvalue weighted by atomic mass is 10.1. The molecule has 0 radical (unpaired) electrons. The Balaban J connectivity index is 3.11. The zero-order valence-corrected chi connectivity index (χ0v) is 6.85. The van der Waals surface area contributed by atoms with E-state index in [1.807, 2.05) is 0 Å². The maximum atomic E-state index is 13.0. The summed E-state index contributed by atoms with van der Waals surface area (Å²) in [4.78, 5) is 0. The summed E-state index contributed by atoms with van der Waals surface area (Å²) in [7, 11) is 0. The highest BCUT2D eigenvalue weighted by atomic mass is 35.5. The summed E-state index contributed by atoms with van der Waals surface area (Å²) >= 11 is 5.50. The van der Waals surface area contributed by atoms with Crippen molar-refractivity contribution < 1.29 is 4.39 Å². The first-order chi connectivity index (χ1) is 5.65. The van der Waals surface area contributed by atoms with Crippen LogP contribution in [0.1, 0.15) is 11.6 Å². The maximum Gasteiger partial charge on any atom is 0.130 e. The monoisotopic (exact) mass is 184 g/mol. The molecule has 0 bridgehead atoms. The molecule has 12 heavy (non-hydrogen) atoms. The molecule has 2 N–H and O–H groups in total. The summed E-state index contributed by atoms with van der Waals surface area (Å²) in [6.45, 7) is 0. The Kier molecular flexibility index (Phi) is 2.64. The molecule has 0 aliphatic heterocycles. The second kappa shape index (κ2) is 3.53. The molecule has 1 atom stereocenters. The van der Waals surface area contributed by atoms with Gasteiger partial charge in [-0.1, -0.05) is 17.7 Å². The predicted octanol–water partition coefficient (Wildman–Crippen LogP) is 2.00. The molecule has 62 valence electrons. The van der Waals surface area contributed by atoms with Crippen LogP contribution in [0.15, 0.2) is 18.2 Å². The van der Waals surface area contributed by atoms with Crippen molar-refractivity contribution in [2.45, 2.75) is 6.04 Å². The van der Waals surface area contributed by atoms with E-state index in [4.69, 9.17) is 22.6 Å². The van der Waals surface area contributed by atoms with Crippen molar-refractivity contribution in [3.05, 3.63) is 34.6 Å². The molecule has 0 saturated heterocycles. The van der Waals surface area contributed by atoms with Crippen LogP contribution in [0.5, 0.6) is 0 Å². The highest BCUT2D eigenvalue weighted by Gasteiger charge is 2.09. The molecule has 0 aliphatic rings. The Morgan fingerprint density at radius 3 is 2.75 bits per heavy atom. The fourth-order valence-electron chi connectivity index (χ4n) is 0.823. The van der Waals surface area contributed by atoms with E-state index in [9.17, 15) is 4.39 Å². The number of hydrogen-bond donors (Lipinski definition) is 1. The average molecular weight is 185 g/mol. The van der Waals surface area contributed by atoms with Crippen LogP contribution >= 0.6 is 11.6 Å². The van der Waals surface area contributed by atoms with E-state index >= 15 is 0 Å². The number of rotatable bonds is 1. The predicted molar refractivity (Wildman–Crippen MR) is 44.0 cm³/mol. The van der Waals surface area contributed by atoms with Gasteiger partial charge in [-0.2, -0.15) is 5.26 Å². The highest BCUT2D eigenvalue weighted by Crippen LogP contribution is 2.18. The van der Waals surface area contributed by atoms with Gasteiger partial charge in [0, 0.05) is 10.6 Å². The third-order valence-corrected chi connectivity index (χ3v) is 1.67. The first-order valence-electron chi connectivity index (χ1n) is 3.25. The number of nitrogens with zero attached hydrogens (tertiary/aromatic N) is 1. The first-order valence-corrected chi connectivity index (χ1v) is 3.63. The quantitative estimate of drug-likeness (QED) is 0.726. The van der Waals surface area contributed by atoms with Gasteiger partial charge in [0.2, 0.25) is 0 Å². The van der Waals surface area contributed by atoms with Crippen LogP contribution in [0.2, 0.25) is 5.02 Å². The molecule has 0 fully saturated rings. The van der Waals surface area contributed by atoms with Crippen LogP contribution in [0.3, 0.4) is 0 Å². The van der Waals surface area contributed by atoms with Gasteiger partial charge in [0.1, 0.15) is 11.9 Å². The van der Waals surface area contributed by atoms with Crippen LogP contribution in [0.25, 0.3) is 0 Å². The fourth-order valence-corrected chi connectivity index (χ4v) is 0.982. The molecule has 1 unspecified atom stereocenters. The molecule has 0 spiro atoms. The lowest BCUT2D eigenvalue weighted by molar-refractivity contribution is 0.603. The minimum absolute atomic E-state index is 0.168. The van der Waals surface area contributed by atoms with E-state index in [1.165, 1.54) is 12.1 Å². The van der Waals surface area contributed by atoms with Crippen molar-refractivity contribution in [3.8, 4) is 6.07 Å². The average Bonchev–Trinajstić information content (AvgIpc) is 2.03. The van der Waals surface area contributed by atoms with Gasteiger partial charge in [-0.25, -0.2) is 4.39 Å². The zero-order chi connectivity index (χ0) is 9.14. The largest absolute Gasteiger partial charge is 0.312 e. The van der Waals surface area contributed by atoms with Gasteiger partial charge < -0.3 is 5.73 Å². The fraction of sp³-hybridized carbons (Fsp3) is 0.125. The van der Waals surface area contributed by atoms with Crippen LogP contribution in [0.4, 0.5) is 4.39 Å². The maximum absolute atomic E-state index is 13.0. The number of hydrogen-bond acceptors (Lipinski definition) is 2.